The van der Waals surface area contributed by atoms with Crippen LogP contribution in [0.3, 0.4) is 0 Å². The summed E-state index contributed by atoms with van der Waals surface area (Å²) in [6.45, 7) is 1.87. The number of halogens is 1. The van der Waals surface area contributed by atoms with Crippen molar-refractivity contribution in [2.75, 3.05) is 12.0 Å². The number of aromatic nitrogens is 1. The van der Waals surface area contributed by atoms with E-state index in [1.165, 1.54) is 18.3 Å². The van der Waals surface area contributed by atoms with Crippen molar-refractivity contribution in [1.29, 1.82) is 0 Å². The Kier molecular flexibility index (Phi) is 9.02. The van der Waals surface area contributed by atoms with Gasteiger partial charge in [-0.25, -0.2) is 4.39 Å². The molecule has 0 fully saturated rings. The van der Waals surface area contributed by atoms with E-state index in [0.717, 1.165) is 4.57 Å². The number of nitrogens with zero attached hydrogens (tertiary/aromatic N) is 1. The van der Waals surface area contributed by atoms with Gasteiger partial charge in [0.15, 0.2) is 5.78 Å². The molecule has 0 aliphatic rings. The summed E-state index contributed by atoms with van der Waals surface area (Å²) in [6, 6.07) is 8.82. The Bertz CT molecular complexity index is 1070. The highest BCUT2D eigenvalue weighted by Crippen LogP contribution is 2.16. The molecule has 0 radical (unpaired) electrons. The quantitative estimate of drug-likeness (QED) is 0.468. The molecule has 10 heteroatoms. The summed E-state index contributed by atoms with van der Waals surface area (Å²) < 4.78 is 14.0. The lowest BCUT2D eigenvalue weighted by molar-refractivity contribution is -0.140. The maximum Gasteiger partial charge on any atom is 0.305 e. The molecular formula is C23H26FN3O6. The number of benzene rings is 1. The van der Waals surface area contributed by atoms with Gasteiger partial charge in [0.05, 0.1) is 6.42 Å². The monoisotopic (exact) mass is 459 g/mol. The summed E-state index contributed by atoms with van der Waals surface area (Å²) in [5, 5.41) is 13.8. The fourth-order valence-corrected chi connectivity index (χ4v) is 3.06. The molecule has 0 spiro atoms. The van der Waals surface area contributed by atoms with Crippen LogP contribution < -0.4 is 16.2 Å². The van der Waals surface area contributed by atoms with Crippen molar-refractivity contribution in [2.45, 2.75) is 38.8 Å². The number of carbonyl (C=O) groups is 4. The van der Waals surface area contributed by atoms with Crippen LogP contribution in [0.4, 0.5) is 10.1 Å². The lowest BCUT2D eigenvalue weighted by atomic mass is 10.0. The van der Waals surface area contributed by atoms with Crippen molar-refractivity contribution in [2.24, 2.45) is 5.92 Å². The number of alkyl halides is 1. The zero-order valence-corrected chi connectivity index (χ0v) is 18.3. The maximum atomic E-state index is 13.1. The van der Waals surface area contributed by atoms with E-state index in [4.69, 9.17) is 5.11 Å². The molecule has 0 bridgehead atoms. The van der Waals surface area contributed by atoms with Crippen molar-refractivity contribution >= 4 is 29.3 Å². The molecule has 2 aromatic rings. The first kappa shape index (κ1) is 25.4. The largest absolute Gasteiger partial charge is 0.481 e. The van der Waals surface area contributed by atoms with Crippen molar-refractivity contribution in [3.05, 3.63) is 64.6 Å². The summed E-state index contributed by atoms with van der Waals surface area (Å²) in [5.41, 5.74) is -0.00839. The second-order valence-corrected chi connectivity index (χ2v) is 7.74. The highest BCUT2D eigenvalue weighted by atomic mass is 19.1. The molecule has 3 N–H and O–H groups in total. The third kappa shape index (κ3) is 7.09. The lowest BCUT2D eigenvalue weighted by Crippen LogP contribution is -2.47. The zero-order valence-electron chi connectivity index (χ0n) is 18.3. The fourth-order valence-electron chi connectivity index (χ4n) is 3.06. The topological polar surface area (TPSA) is 135 Å². The number of carboxylic acid groups (broad SMARTS) is 1. The molecule has 2 amide bonds. The van der Waals surface area contributed by atoms with Crippen LogP contribution in [0, 0.1) is 5.92 Å². The number of carbonyl (C=O) groups excluding carboxylic acids is 3. The number of carboxylic acids is 1. The summed E-state index contributed by atoms with van der Waals surface area (Å²) in [4.78, 5) is 61.2. The number of amides is 2. The standard InChI is InChI=1S/C23H26FN3O6/c1-14(2)21(31)25-16-9-6-10-27(23(16)33)18(11-15-7-4-3-5-8-15)22(32)26-17(12-20(29)30)19(28)13-24/h3-10,14,17-18H,11-13H2,1-2H3,(H,25,31)(H,26,32)(H,29,30). The molecule has 9 nitrogen and oxygen atoms in total. The number of Topliss-reactive ketones (excluding diaryl/α,β-unsaturated/α-hetero) is 1. The smallest absolute Gasteiger partial charge is 0.305 e. The van der Waals surface area contributed by atoms with Gasteiger partial charge in [-0.1, -0.05) is 44.2 Å². The highest BCUT2D eigenvalue weighted by Gasteiger charge is 2.29. The molecule has 0 saturated heterocycles. The number of anilines is 1. The second-order valence-electron chi connectivity index (χ2n) is 7.74. The number of rotatable bonds is 11. The van der Waals surface area contributed by atoms with Gasteiger partial charge in [-0.3, -0.25) is 24.0 Å². The highest BCUT2D eigenvalue weighted by molar-refractivity contribution is 5.94. The predicted octanol–water partition coefficient (Wildman–Crippen LogP) is 1.72. The van der Waals surface area contributed by atoms with Gasteiger partial charge in [-0.2, -0.15) is 0 Å². The maximum absolute atomic E-state index is 13.1. The molecule has 1 heterocycles. The SMILES string of the molecule is CC(C)C(=O)Nc1cccn(C(Cc2ccccc2)C(=O)NC(CC(=O)O)C(=O)CF)c1=O. The molecule has 0 aliphatic carbocycles. The van der Waals surface area contributed by atoms with Crippen LogP contribution in [0.2, 0.25) is 0 Å². The first-order valence-corrected chi connectivity index (χ1v) is 10.3. The molecule has 33 heavy (non-hydrogen) atoms. The van der Waals surface area contributed by atoms with Gasteiger partial charge in [-0.15, -0.1) is 0 Å². The van der Waals surface area contributed by atoms with Crippen LogP contribution in [0.15, 0.2) is 53.5 Å². The summed E-state index contributed by atoms with van der Waals surface area (Å²) in [7, 11) is 0. The molecule has 1 aromatic carbocycles. The van der Waals surface area contributed by atoms with E-state index in [2.05, 4.69) is 10.6 Å². The third-order valence-electron chi connectivity index (χ3n) is 4.88. The minimum atomic E-state index is -1.59. The zero-order chi connectivity index (χ0) is 24.5. The molecule has 176 valence electrons. The van der Waals surface area contributed by atoms with Crippen LogP contribution >= 0.6 is 0 Å². The first-order valence-electron chi connectivity index (χ1n) is 10.3. The second kappa shape index (κ2) is 11.7. The predicted molar refractivity (Wildman–Crippen MR) is 119 cm³/mol. The summed E-state index contributed by atoms with van der Waals surface area (Å²) in [5.74, 6) is -4.08. The van der Waals surface area contributed by atoms with Gasteiger partial charge in [0.25, 0.3) is 5.56 Å². The van der Waals surface area contributed by atoms with Crippen LogP contribution in [-0.4, -0.2) is 46.0 Å². The first-order chi connectivity index (χ1) is 15.6. The van der Waals surface area contributed by atoms with Crippen molar-refractivity contribution in [3.63, 3.8) is 0 Å². The van der Waals surface area contributed by atoms with Gasteiger partial charge in [-0.05, 0) is 17.7 Å². The Morgan fingerprint density at radius 3 is 2.27 bits per heavy atom. The fraction of sp³-hybridized carbons (Fsp3) is 0.348. The Labute approximate surface area is 189 Å². The van der Waals surface area contributed by atoms with Crippen LogP contribution in [-0.2, 0) is 25.6 Å². The summed E-state index contributed by atoms with van der Waals surface area (Å²) >= 11 is 0. The van der Waals surface area contributed by atoms with Gasteiger partial charge in [0.2, 0.25) is 11.8 Å². The van der Waals surface area contributed by atoms with Gasteiger partial charge < -0.3 is 20.3 Å². The average Bonchev–Trinajstić information content (AvgIpc) is 2.78. The van der Waals surface area contributed by atoms with Gasteiger partial charge in [0.1, 0.15) is 24.4 Å². The molecular weight excluding hydrogens is 433 g/mol. The summed E-state index contributed by atoms with van der Waals surface area (Å²) in [6.07, 6.45) is 0.577. The molecule has 2 atom stereocenters. The van der Waals surface area contributed by atoms with E-state index in [0.29, 0.717) is 5.56 Å². The average molecular weight is 459 g/mol. The number of ketones is 1. The molecule has 1 aromatic heterocycles. The molecule has 2 unspecified atom stereocenters. The van der Waals surface area contributed by atoms with Gasteiger partial charge >= 0.3 is 5.97 Å². The van der Waals surface area contributed by atoms with E-state index in [-0.39, 0.29) is 23.9 Å². The number of pyridine rings is 1. The van der Waals surface area contributed by atoms with E-state index in [1.807, 2.05) is 0 Å². The van der Waals surface area contributed by atoms with Crippen molar-refractivity contribution in [3.8, 4) is 0 Å². The Hall–Kier alpha value is -3.82. The number of nitrogens with one attached hydrogen (secondary N) is 2. The molecule has 0 saturated carbocycles. The van der Waals surface area contributed by atoms with Crippen LogP contribution in [0.25, 0.3) is 0 Å². The van der Waals surface area contributed by atoms with Crippen molar-refractivity contribution < 1.29 is 28.7 Å². The third-order valence-corrected chi connectivity index (χ3v) is 4.88. The van der Waals surface area contributed by atoms with Crippen LogP contribution in [0.1, 0.15) is 31.9 Å². The van der Waals surface area contributed by atoms with E-state index < -0.39 is 48.4 Å². The number of aliphatic carboxylic acids is 1. The minimum Gasteiger partial charge on any atom is -0.481 e. The van der Waals surface area contributed by atoms with Crippen LogP contribution in [0.5, 0.6) is 0 Å². The Balaban J connectivity index is 2.45. The lowest BCUT2D eigenvalue weighted by Gasteiger charge is -2.23. The minimum absolute atomic E-state index is 0.0256. The van der Waals surface area contributed by atoms with E-state index in [9.17, 15) is 28.4 Å². The van der Waals surface area contributed by atoms with Gasteiger partial charge in [0, 0.05) is 18.5 Å². The normalized spacial score (nSPS) is 12.6. The Morgan fingerprint density at radius 2 is 1.70 bits per heavy atom. The molecule has 0 aliphatic heterocycles. The molecule has 2 rings (SSSR count). The van der Waals surface area contributed by atoms with Crippen molar-refractivity contribution in [1.82, 2.24) is 9.88 Å². The van der Waals surface area contributed by atoms with E-state index in [1.54, 1.807) is 44.2 Å². The Morgan fingerprint density at radius 1 is 1.03 bits per heavy atom. The number of hydrogen-bond acceptors (Lipinski definition) is 5. The van der Waals surface area contributed by atoms with E-state index >= 15 is 0 Å². The number of hydrogen-bond donors (Lipinski definition) is 3.